The van der Waals surface area contributed by atoms with E-state index in [1.54, 1.807) is 35.9 Å². The lowest BCUT2D eigenvalue weighted by molar-refractivity contribution is -0.140. The van der Waals surface area contributed by atoms with Gasteiger partial charge in [0.1, 0.15) is 17.5 Å². The van der Waals surface area contributed by atoms with E-state index in [0.717, 1.165) is 5.52 Å². The van der Waals surface area contributed by atoms with Crippen molar-refractivity contribution in [1.82, 2.24) is 14.9 Å². The molecule has 0 saturated heterocycles. The Labute approximate surface area is 166 Å². The number of esters is 1. The van der Waals surface area contributed by atoms with E-state index >= 15 is 0 Å². The number of carbonyl (C=O) groups excluding carboxylic acids is 2. The van der Waals surface area contributed by atoms with Crippen LogP contribution in [0.4, 0.5) is 4.39 Å². The molecule has 0 saturated carbocycles. The van der Waals surface area contributed by atoms with E-state index in [9.17, 15) is 14.0 Å². The van der Waals surface area contributed by atoms with Crippen LogP contribution >= 0.6 is 0 Å². The Hall–Kier alpha value is -3.75. The van der Waals surface area contributed by atoms with Gasteiger partial charge in [-0.3, -0.25) is 15.0 Å². The van der Waals surface area contributed by atoms with Crippen LogP contribution in [0.25, 0.3) is 22.4 Å². The van der Waals surface area contributed by atoms with Crippen LogP contribution in [-0.2, 0) is 16.6 Å². The topological polar surface area (TPSA) is 123 Å². The maximum absolute atomic E-state index is 14.5. The number of nitrogens with one attached hydrogen (secondary N) is 2. The third-order valence-corrected chi connectivity index (χ3v) is 4.51. The maximum atomic E-state index is 14.5. The predicted octanol–water partition coefficient (Wildman–Crippen LogP) is 1.96. The molecule has 0 radical (unpaired) electrons. The molecule has 29 heavy (non-hydrogen) atoms. The summed E-state index contributed by atoms with van der Waals surface area (Å²) >= 11 is 0. The molecule has 9 heteroatoms. The molecule has 0 aliphatic carbocycles. The Morgan fingerprint density at radius 3 is 2.62 bits per heavy atom. The summed E-state index contributed by atoms with van der Waals surface area (Å²) < 4.78 is 20.8. The van der Waals surface area contributed by atoms with Gasteiger partial charge in [0, 0.05) is 24.7 Å². The second-order valence-electron chi connectivity index (χ2n) is 6.39. The molecule has 0 atom stereocenters. The van der Waals surface area contributed by atoms with Crippen LogP contribution in [0.3, 0.4) is 0 Å². The first-order valence-electron chi connectivity index (χ1n) is 8.77. The van der Waals surface area contributed by atoms with Crippen molar-refractivity contribution >= 4 is 28.7 Å². The summed E-state index contributed by atoms with van der Waals surface area (Å²) in [6.07, 6.45) is 0.0771. The van der Waals surface area contributed by atoms with Crippen LogP contribution < -0.4 is 11.1 Å². The van der Waals surface area contributed by atoms with E-state index in [0.29, 0.717) is 16.9 Å². The molecule has 150 valence electrons. The average molecular weight is 397 g/mol. The van der Waals surface area contributed by atoms with Crippen LogP contribution in [0, 0.1) is 11.2 Å². The van der Waals surface area contributed by atoms with Crippen molar-refractivity contribution in [2.75, 3.05) is 13.7 Å². The number of rotatable bonds is 6. The first kappa shape index (κ1) is 20.0. The number of aryl methyl sites for hydroxylation is 1. The van der Waals surface area contributed by atoms with Gasteiger partial charge in [-0.25, -0.2) is 9.37 Å². The fourth-order valence-corrected chi connectivity index (χ4v) is 2.93. The lowest BCUT2D eigenvalue weighted by atomic mass is 10.1. The van der Waals surface area contributed by atoms with Crippen molar-refractivity contribution < 1.29 is 18.7 Å². The number of nitrogens with two attached hydrogens (primary N) is 1. The molecule has 0 unspecified atom stereocenters. The maximum Gasteiger partial charge on any atom is 0.307 e. The fraction of sp³-hybridized carbons (Fsp3) is 0.200. The van der Waals surface area contributed by atoms with Crippen LogP contribution in [0.1, 0.15) is 22.3 Å². The Morgan fingerprint density at radius 1 is 1.24 bits per heavy atom. The van der Waals surface area contributed by atoms with Gasteiger partial charge in [-0.1, -0.05) is 6.07 Å². The summed E-state index contributed by atoms with van der Waals surface area (Å²) in [6, 6.07) is 9.23. The van der Waals surface area contributed by atoms with Gasteiger partial charge >= 0.3 is 5.97 Å². The lowest BCUT2D eigenvalue weighted by Gasteiger charge is -2.06. The number of nitrogen functional groups attached to an aromatic ring is 1. The van der Waals surface area contributed by atoms with E-state index in [4.69, 9.17) is 11.1 Å². The smallest absolute Gasteiger partial charge is 0.307 e. The number of benzene rings is 2. The molecule has 1 amide bonds. The highest BCUT2D eigenvalue weighted by Crippen LogP contribution is 2.27. The SMILES string of the molecule is COC(=O)CCNC(=O)c1ccc2c(c1)nc(-c1ccc(C(=N)N)cc1F)n2C. The number of hydrogen-bond acceptors (Lipinski definition) is 5. The Kier molecular flexibility index (Phi) is 5.58. The van der Waals surface area contributed by atoms with Gasteiger partial charge < -0.3 is 20.4 Å². The number of fused-ring (bicyclic) bond motifs is 1. The second-order valence-corrected chi connectivity index (χ2v) is 6.39. The molecular formula is C20H20FN5O3. The summed E-state index contributed by atoms with van der Waals surface area (Å²) in [5.41, 5.74) is 7.57. The van der Waals surface area contributed by atoms with Crippen molar-refractivity contribution in [2.24, 2.45) is 12.8 Å². The summed E-state index contributed by atoms with van der Waals surface area (Å²) in [4.78, 5) is 27.9. The monoisotopic (exact) mass is 397 g/mol. The molecule has 0 spiro atoms. The molecule has 3 aromatic rings. The van der Waals surface area contributed by atoms with E-state index in [1.165, 1.54) is 19.2 Å². The zero-order valence-electron chi connectivity index (χ0n) is 16.0. The van der Waals surface area contributed by atoms with Gasteiger partial charge in [-0.05, 0) is 30.3 Å². The first-order valence-corrected chi connectivity index (χ1v) is 8.77. The molecule has 1 heterocycles. The molecule has 1 aromatic heterocycles. The third-order valence-electron chi connectivity index (χ3n) is 4.51. The Balaban J connectivity index is 1.89. The molecule has 4 N–H and O–H groups in total. The Bertz CT molecular complexity index is 1120. The van der Waals surface area contributed by atoms with E-state index in [2.05, 4.69) is 15.0 Å². The standard InChI is InChI=1S/C20H20FN5O3/c1-26-16-6-4-12(20(28)24-8-7-17(27)29-2)10-15(16)25-19(26)13-5-3-11(18(22)23)9-14(13)21/h3-6,9-10H,7-8H2,1-2H3,(H3,22,23)(H,24,28). The fourth-order valence-electron chi connectivity index (χ4n) is 2.93. The lowest BCUT2D eigenvalue weighted by Crippen LogP contribution is -2.26. The zero-order valence-corrected chi connectivity index (χ0v) is 16.0. The number of halogens is 1. The van der Waals surface area contributed by atoms with Crippen LogP contribution in [-0.4, -0.2) is 40.9 Å². The van der Waals surface area contributed by atoms with Crippen LogP contribution in [0.2, 0.25) is 0 Å². The molecule has 2 aromatic carbocycles. The number of ether oxygens (including phenoxy) is 1. The minimum atomic E-state index is -0.545. The predicted molar refractivity (Wildman–Crippen MR) is 106 cm³/mol. The third kappa shape index (κ3) is 4.08. The minimum Gasteiger partial charge on any atom is -0.469 e. The average Bonchev–Trinajstić information content (AvgIpc) is 3.03. The summed E-state index contributed by atoms with van der Waals surface area (Å²) in [5, 5.41) is 10.1. The van der Waals surface area contributed by atoms with Crippen LogP contribution in [0.15, 0.2) is 36.4 Å². The van der Waals surface area contributed by atoms with E-state index in [1.807, 2.05) is 0 Å². The van der Waals surface area contributed by atoms with Gasteiger partial charge in [0.2, 0.25) is 0 Å². The molecule has 0 aliphatic heterocycles. The quantitative estimate of drug-likeness (QED) is 0.333. The number of aromatic nitrogens is 2. The normalized spacial score (nSPS) is 10.7. The van der Waals surface area contributed by atoms with E-state index < -0.39 is 11.8 Å². The van der Waals surface area contributed by atoms with E-state index in [-0.39, 0.29) is 35.8 Å². The highest BCUT2D eigenvalue weighted by Gasteiger charge is 2.16. The van der Waals surface area contributed by atoms with Crippen LogP contribution in [0.5, 0.6) is 0 Å². The van der Waals surface area contributed by atoms with Gasteiger partial charge in [0.05, 0.1) is 30.1 Å². The van der Waals surface area contributed by atoms with Gasteiger partial charge in [-0.2, -0.15) is 0 Å². The number of amides is 1. The second kappa shape index (κ2) is 8.09. The van der Waals surface area contributed by atoms with Gasteiger partial charge in [-0.15, -0.1) is 0 Å². The summed E-state index contributed by atoms with van der Waals surface area (Å²) in [5.74, 6) is -1.14. The number of carbonyl (C=O) groups is 2. The molecule has 0 aliphatic rings. The minimum absolute atomic E-state index is 0.0771. The highest BCUT2D eigenvalue weighted by molar-refractivity contribution is 5.98. The Morgan fingerprint density at radius 2 is 1.97 bits per heavy atom. The van der Waals surface area contributed by atoms with Gasteiger partial charge in [0.15, 0.2) is 0 Å². The van der Waals surface area contributed by atoms with Crippen molar-refractivity contribution in [3.63, 3.8) is 0 Å². The summed E-state index contributed by atoms with van der Waals surface area (Å²) in [7, 11) is 3.03. The highest BCUT2D eigenvalue weighted by atomic mass is 19.1. The molecule has 0 fully saturated rings. The molecule has 3 rings (SSSR count). The molecule has 8 nitrogen and oxygen atoms in total. The van der Waals surface area contributed by atoms with Gasteiger partial charge in [0.25, 0.3) is 5.91 Å². The number of imidazole rings is 1. The van der Waals surface area contributed by atoms with Crippen molar-refractivity contribution in [1.29, 1.82) is 5.41 Å². The number of methoxy groups -OCH3 is 1. The summed E-state index contributed by atoms with van der Waals surface area (Å²) in [6.45, 7) is 0.157. The molecular weight excluding hydrogens is 377 g/mol. The number of amidine groups is 1. The largest absolute Gasteiger partial charge is 0.469 e. The zero-order chi connectivity index (χ0) is 21.1. The van der Waals surface area contributed by atoms with Crippen molar-refractivity contribution in [2.45, 2.75) is 6.42 Å². The number of nitrogens with zero attached hydrogens (tertiary/aromatic N) is 2. The van der Waals surface area contributed by atoms with Crippen molar-refractivity contribution in [3.05, 3.63) is 53.3 Å². The number of hydrogen-bond donors (Lipinski definition) is 3. The molecule has 0 bridgehead atoms. The van der Waals surface area contributed by atoms with Crippen molar-refractivity contribution in [3.8, 4) is 11.4 Å². The first-order chi connectivity index (χ1) is 13.8.